The normalized spacial score (nSPS) is 19.6. The molecule has 1 aromatic heterocycles. The minimum atomic E-state index is 0.292. The molecule has 1 unspecified atom stereocenters. The molecule has 0 aliphatic carbocycles. The molecule has 0 saturated carbocycles. The first-order valence-electron chi connectivity index (χ1n) is 6.74. The first-order chi connectivity index (χ1) is 9.74. The van der Waals surface area contributed by atoms with Gasteiger partial charge >= 0.3 is 0 Å². The van der Waals surface area contributed by atoms with Crippen LogP contribution in [0.25, 0.3) is 0 Å². The molecular formula is C14H17ClN4O. The Kier molecular flexibility index (Phi) is 4.00. The van der Waals surface area contributed by atoms with Gasteiger partial charge in [0, 0.05) is 11.6 Å². The van der Waals surface area contributed by atoms with Crippen molar-refractivity contribution in [2.75, 3.05) is 13.1 Å². The van der Waals surface area contributed by atoms with Gasteiger partial charge in [-0.15, -0.1) is 0 Å². The first kappa shape index (κ1) is 13.5. The van der Waals surface area contributed by atoms with E-state index in [-0.39, 0.29) is 0 Å². The summed E-state index contributed by atoms with van der Waals surface area (Å²) in [6.07, 6.45) is 1.14. The topological polar surface area (TPSA) is 68.2 Å². The quantitative estimate of drug-likeness (QED) is 0.935. The van der Waals surface area contributed by atoms with E-state index in [1.54, 1.807) is 0 Å². The molecule has 0 amide bonds. The zero-order valence-electron chi connectivity index (χ0n) is 11.1. The Morgan fingerprint density at radius 1 is 1.35 bits per heavy atom. The first-order valence-corrected chi connectivity index (χ1v) is 7.12. The minimum Gasteiger partial charge on any atom is -0.338 e. The lowest BCUT2D eigenvalue weighted by Gasteiger charge is -2.14. The molecule has 1 saturated heterocycles. The highest BCUT2D eigenvalue weighted by Gasteiger charge is 2.24. The fourth-order valence-electron chi connectivity index (χ4n) is 2.62. The summed E-state index contributed by atoms with van der Waals surface area (Å²) in [5.74, 6) is 1.75. The number of halogens is 1. The summed E-state index contributed by atoms with van der Waals surface area (Å²) in [4.78, 5) is 6.58. The maximum atomic E-state index is 5.92. The molecule has 0 radical (unpaired) electrons. The summed E-state index contributed by atoms with van der Waals surface area (Å²) in [6.45, 7) is 3.06. The van der Waals surface area contributed by atoms with Crippen LogP contribution < -0.4 is 5.73 Å². The van der Waals surface area contributed by atoms with Gasteiger partial charge in [-0.3, -0.25) is 4.90 Å². The summed E-state index contributed by atoms with van der Waals surface area (Å²) in [5.41, 5.74) is 6.80. The lowest BCUT2D eigenvalue weighted by Crippen LogP contribution is -2.20. The van der Waals surface area contributed by atoms with Gasteiger partial charge in [0.05, 0.1) is 13.1 Å². The third-order valence-corrected chi connectivity index (χ3v) is 3.92. The highest BCUT2D eigenvalue weighted by Crippen LogP contribution is 2.28. The zero-order valence-corrected chi connectivity index (χ0v) is 11.9. The molecule has 2 N–H and O–H groups in total. The number of nitrogens with two attached hydrogens (primary N) is 1. The second-order valence-electron chi connectivity index (χ2n) is 5.08. The third kappa shape index (κ3) is 3.00. The van der Waals surface area contributed by atoms with Gasteiger partial charge in [0.15, 0.2) is 5.82 Å². The number of hydrogen-bond donors (Lipinski definition) is 1. The number of benzene rings is 1. The maximum Gasteiger partial charge on any atom is 0.240 e. The number of aromatic nitrogens is 2. The van der Waals surface area contributed by atoms with Crippen LogP contribution in [-0.4, -0.2) is 28.1 Å². The second kappa shape index (κ2) is 5.91. The Bertz CT molecular complexity index is 569. The molecule has 1 aliphatic heterocycles. The molecular weight excluding hydrogens is 276 g/mol. The van der Waals surface area contributed by atoms with E-state index in [1.165, 1.54) is 5.56 Å². The SMILES string of the molecule is NCc1nc(CN2CCC(c3ccc(Cl)cc3)C2)no1. The van der Waals surface area contributed by atoms with Crippen LogP contribution in [0, 0.1) is 0 Å². The molecule has 1 aliphatic rings. The molecule has 106 valence electrons. The summed E-state index contributed by atoms with van der Waals surface area (Å²) in [5, 5.41) is 4.72. The van der Waals surface area contributed by atoms with Crippen LogP contribution in [0.3, 0.4) is 0 Å². The average molecular weight is 293 g/mol. The van der Waals surface area contributed by atoms with Gasteiger partial charge in [-0.05, 0) is 36.6 Å². The third-order valence-electron chi connectivity index (χ3n) is 3.66. The van der Waals surface area contributed by atoms with Gasteiger partial charge in [-0.2, -0.15) is 4.98 Å². The van der Waals surface area contributed by atoms with E-state index in [2.05, 4.69) is 27.2 Å². The lowest BCUT2D eigenvalue weighted by molar-refractivity contribution is 0.306. The Hall–Kier alpha value is -1.43. The molecule has 2 aromatic rings. The van der Waals surface area contributed by atoms with Crippen LogP contribution in [-0.2, 0) is 13.1 Å². The molecule has 3 rings (SSSR count). The van der Waals surface area contributed by atoms with Crippen LogP contribution in [0.2, 0.25) is 5.02 Å². The van der Waals surface area contributed by atoms with Crippen molar-refractivity contribution in [1.29, 1.82) is 0 Å². The lowest BCUT2D eigenvalue weighted by atomic mass is 9.99. The van der Waals surface area contributed by atoms with Crippen LogP contribution in [0.5, 0.6) is 0 Å². The maximum absolute atomic E-state index is 5.92. The predicted molar refractivity (Wildman–Crippen MR) is 76.3 cm³/mol. The van der Waals surface area contributed by atoms with Crippen molar-refractivity contribution in [3.63, 3.8) is 0 Å². The molecule has 1 aromatic carbocycles. The fraction of sp³-hybridized carbons (Fsp3) is 0.429. The summed E-state index contributed by atoms with van der Waals surface area (Å²) >= 11 is 5.92. The molecule has 0 bridgehead atoms. The van der Waals surface area contributed by atoms with E-state index in [4.69, 9.17) is 21.9 Å². The van der Waals surface area contributed by atoms with Crippen LogP contribution in [0.1, 0.15) is 29.6 Å². The molecule has 6 heteroatoms. The minimum absolute atomic E-state index is 0.292. The van der Waals surface area contributed by atoms with E-state index in [0.29, 0.717) is 30.7 Å². The van der Waals surface area contributed by atoms with Gasteiger partial charge in [0.2, 0.25) is 5.89 Å². The highest BCUT2D eigenvalue weighted by molar-refractivity contribution is 6.30. The van der Waals surface area contributed by atoms with E-state index in [1.807, 2.05) is 12.1 Å². The fourth-order valence-corrected chi connectivity index (χ4v) is 2.75. The summed E-state index contributed by atoms with van der Waals surface area (Å²) < 4.78 is 5.02. The number of rotatable bonds is 4. The molecule has 0 spiro atoms. The van der Waals surface area contributed by atoms with Crippen molar-refractivity contribution in [2.45, 2.75) is 25.4 Å². The van der Waals surface area contributed by atoms with Crippen LogP contribution in [0.4, 0.5) is 0 Å². The molecule has 20 heavy (non-hydrogen) atoms. The van der Waals surface area contributed by atoms with Crippen molar-refractivity contribution in [3.05, 3.63) is 46.6 Å². The summed E-state index contributed by atoms with van der Waals surface area (Å²) in [6, 6.07) is 8.12. The van der Waals surface area contributed by atoms with Crippen molar-refractivity contribution in [1.82, 2.24) is 15.0 Å². The van der Waals surface area contributed by atoms with Crippen molar-refractivity contribution < 1.29 is 4.52 Å². The van der Waals surface area contributed by atoms with E-state index in [0.717, 1.165) is 24.5 Å². The highest BCUT2D eigenvalue weighted by atomic mass is 35.5. The van der Waals surface area contributed by atoms with E-state index in [9.17, 15) is 0 Å². The van der Waals surface area contributed by atoms with E-state index >= 15 is 0 Å². The number of likely N-dealkylation sites (tertiary alicyclic amines) is 1. The molecule has 1 fully saturated rings. The number of hydrogen-bond acceptors (Lipinski definition) is 5. The van der Waals surface area contributed by atoms with Crippen LogP contribution in [0.15, 0.2) is 28.8 Å². The molecule has 2 heterocycles. The molecule has 5 nitrogen and oxygen atoms in total. The Labute approximate surface area is 122 Å². The van der Waals surface area contributed by atoms with Gasteiger partial charge < -0.3 is 10.3 Å². The average Bonchev–Trinajstić information content (AvgIpc) is 3.09. The van der Waals surface area contributed by atoms with Crippen molar-refractivity contribution >= 4 is 11.6 Å². The smallest absolute Gasteiger partial charge is 0.240 e. The standard InChI is InChI=1S/C14H17ClN4O/c15-12-3-1-10(2-4-12)11-5-6-19(8-11)9-13-17-14(7-16)20-18-13/h1-4,11H,5-9,16H2. The van der Waals surface area contributed by atoms with Gasteiger partial charge in [0.1, 0.15) is 0 Å². The largest absolute Gasteiger partial charge is 0.338 e. The monoisotopic (exact) mass is 292 g/mol. The van der Waals surface area contributed by atoms with Crippen molar-refractivity contribution in [2.24, 2.45) is 5.73 Å². The van der Waals surface area contributed by atoms with Gasteiger partial charge in [-0.25, -0.2) is 0 Å². The Balaban J connectivity index is 1.60. The second-order valence-corrected chi connectivity index (χ2v) is 5.52. The number of nitrogens with zero attached hydrogens (tertiary/aromatic N) is 3. The summed E-state index contributed by atoms with van der Waals surface area (Å²) in [7, 11) is 0. The van der Waals surface area contributed by atoms with Crippen molar-refractivity contribution in [3.8, 4) is 0 Å². The Morgan fingerprint density at radius 3 is 2.85 bits per heavy atom. The van der Waals surface area contributed by atoms with Crippen LogP contribution >= 0.6 is 11.6 Å². The van der Waals surface area contributed by atoms with Gasteiger partial charge in [0.25, 0.3) is 0 Å². The Morgan fingerprint density at radius 2 is 2.15 bits per heavy atom. The molecule has 1 atom stereocenters. The predicted octanol–water partition coefficient (Wildman–Crippen LogP) is 2.17. The zero-order chi connectivity index (χ0) is 13.9. The van der Waals surface area contributed by atoms with Gasteiger partial charge in [-0.1, -0.05) is 28.9 Å². The van der Waals surface area contributed by atoms with E-state index < -0.39 is 0 Å².